The molecule has 96 valence electrons. The summed E-state index contributed by atoms with van der Waals surface area (Å²) in [6, 6.07) is 0. The normalized spacial score (nSPS) is 21.9. The molecule has 10 heteroatoms. The van der Waals surface area contributed by atoms with Crippen LogP contribution in [-0.4, -0.2) is 71.9 Å². The molecular weight excluding hydrogens is 247 g/mol. The molecule has 0 aliphatic rings. The average Bonchev–Trinajstić information content (AvgIpc) is 2.22. The minimum atomic E-state index is -5.53. The highest BCUT2D eigenvalue weighted by atomic mass is 31.2. The molecule has 0 saturated carbocycles. The Morgan fingerprint density at radius 3 is 1.94 bits per heavy atom. The van der Waals surface area contributed by atoms with Gasteiger partial charge in [0.1, 0.15) is 12.2 Å². The van der Waals surface area contributed by atoms with Gasteiger partial charge in [0, 0.05) is 0 Å². The summed E-state index contributed by atoms with van der Waals surface area (Å²) < 4.78 is 10.9. The van der Waals surface area contributed by atoms with Crippen molar-refractivity contribution >= 4 is 13.9 Å². The molecule has 16 heavy (non-hydrogen) atoms. The predicted molar refractivity (Wildman–Crippen MR) is 48.2 cm³/mol. The molecule has 0 aromatic heterocycles. The van der Waals surface area contributed by atoms with Crippen molar-refractivity contribution in [2.45, 2.75) is 23.7 Å². The van der Waals surface area contributed by atoms with E-state index in [0.29, 0.717) is 0 Å². The molecule has 0 spiro atoms. The third-order valence-electron chi connectivity index (χ3n) is 2.02. The molecule has 0 aliphatic carbocycles. The van der Waals surface area contributed by atoms with E-state index < -0.39 is 44.1 Å². The van der Waals surface area contributed by atoms with Crippen molar-refractivity contribution in [3.63, 3.8) is 0 Å². The highest BCUT2D eigenvalue weighted by Gasteiger charge is 2.58. The van der Waals surface area contributed by atoms with Gasteiger partial charge in [-0.2, -0.15) is 0 Å². The van der Waals surface area contributed by atoms with Gasteiger partial charge < -0.3 is 40.1 Å². The molecule has 0 aromatic rings. The summed E-state index contributed by atoms with van der Waals surface area (Å²) in [5.41, 5.74) is 0. The lowest BCUT2D eigenvalue weighted by atomic mass is 10.0. The number of carbonyl (C=O) groups excluding carboxylic acids is 1. The summed E-state index contributed by atoms with van der Waals surface area (Å²) in [4.78, 5) is 27.7. The Bertz CT molecular complexity index is 288. The van der Waals surface area contributed by atoms with Gasteiger partial charge in [0.15, 0.2) is 12.4 Å². The molecule has 9 nitrogen and oxygen atoms in total. The summed E-state index contributed by atoms with van der Waals surface area (Å²) in [6.07, 6.45) is -7.76. The van der Waals surface area contributed by atoms with Gasteiger partial charge in [-0.05, 0) is 0 Å². The highest BCUT2D eigenvalue weighted by molar-refractivity contribution is 7.53. The first-order chi connectivity index (χ1) is 7.12. The Labute approximate surface area is 89.7 Å². The SMILES string of the molecule is O=C[C@H](O)[C@@](O)([C@H](O)[C@H](O)CO)P(=O)(O)O. The van der Waals surface area contributed by atoms with Crippen LogP contribution in [0.3, 0.4) is 0 Å². The second kappa shape index (κ2) is 5.30. The van der Waals surface area contributed by atoms with Crippen LogP contribution in [-0.2, 0) is 9.36 Å². The quantitative estimate of drug-likeness (QED) is 0.186. The van der Waals surface area contributed by atoms with Crippen LogP contribution in [0.25, 0.3) is 0 Å². The van der Waals surface area contributed by atoms with Crippen molar-refractivity contribution in [1.82, 2.24) is 0 Å². The van der Waals surface area contributed by atoms with E-state index in [0.717, 1.165) is 0 Å². The zero-order chi connectivity index (χ0) is 13.1. The number of rotatable bonds is 6. The smallest absolute Gasteiger partial charge is 0.362 e. The van der Waals surface area contributed by atoms with Crippen molar-refractivity contribution in [2.75, 3.05) is 6.61 Å². The number of aliphatic hydroxyl groups excluding tert-OH is 4. The number of aldehydes is 1. The summed E-state index contributed by atoms with van der Waals surface area (Å²) in [7, 11) is -5.53. The Hall–Kier alpha value is -0.380. The largest absolute Gasteiger partial charge is 0.394 e. The fourth-order valence-electron chi connectivity index (χ4n) is 1.00. The zero-order valence-corrected chi connectivity index (χ0v) is 8.81. The summed E-state index contributed by atoms with van der Waals surface area (Å²) in [6.45, 7) is -1.13. The Morgan fingerprint density at radius 2 is 1.69 bits per heavy atom. The molecule has 0 amide bonds. The maximum atomic E-state index is 10.9. The fraction of sp³-hybridized carbons (Fsp3) is 0.833. The summed E-state index contributed by atoms with van der Waals surface area (Å²) >= 11 is 0. The van der Waals surface area contributed by atoms with Crippen LogP contribution in [0.2, 0.25) is 0 Å². The molecule has 0 rings (SSSR count). The summed E-state index contributed by atoms with van der Waals surface area (Å²) in [5.74, 6) is 0. The lowest BCUT2D eigenvalue weighted by molar-refractivity contribution is -0.154. The third-order valence-corrected chi connectivity index (χ3v) is 3.48. The van der Waals surface area contributed by atoms with Crippen LogP contribution in [0, 0.1) is 0 Å². The topological polar surface area (TPSA) is 176 Å². The van der Waals surface area contributed by atoms with Gasteiger partial charge in [-0.25, -0.2) is 0 Å². The Morgan fingerprint density at radius 1 is 1.25 bits per heavy atom. The maximum Gasteiger partial charge on any atom is 0.362 e. The van der Waals surface area contributed by atoms with Crippen molar-refractivity contribution in [3.05, 3.63) is 0 Å². The molecule has 0 radical (unpaired) electrons. The zero-order valence-electron chi connectivity index (χ0n) is 7.91. The third kappa shape index (κ3) is 2.65. The van der Waals surface area contributed by atoms with Crippen LogP contribution in [0.15, 0.2) is 0 Å². The van der Waals surface area contributed by atoms with Crippen LogP contribution in [0.4, 0.5) is 0 Å². The molecule has 0 unspecified atom stereocenters. The number of hydrogen-bond donors (Lipinski definition) is 7. The van der Waals surface area contributed by atoms with E-state index in [1.165, 1.54) is 0 Å². The van der Waals surface area contributed by atoms with E-state index >= 15 is 0 Å². The van der Waals surface area contributed by atoms with E-state index in [2.05, 4.69) is 0 Å². The van der Waals surface area contributed by atoms with Crippen molar-refractivity contribution in [3.8, 4) is 0 Å². The van der Waals surface area contributed by atoms with Crippen LogP contribution < -0.4 is 0 Å². The average molecular weight is 260 g/mol. The first kappa shape index (κ1) is 15.6. The summed E-state index contributed by atoms with van der Waals surface area (Å²) in [5, 5.41) is 41.4. The first-order valence-electron chi connectivity index (χ1n) is 4.01. The second-order valence-electron chi connectivity index (χ2n) is 3.10. The van der Waals surface area contributed by atoms with Gasteiger partial charge >= 0.3 is 7.60 Å². The van der Waals surface area contributed by atoms with Crippen LogP contribution >= 0.6 is 7.60 Å². The number of carbonyl (C=O) groups is 1. The van der Waals surface area contributed by atoms with Crippen molar-refractivity contribution in [2.24, 2.45) is 0 Å². The number of hydrogen-bond acceptors (Lipinski definition) is 7. The lowest BCUT2D eigenvalue weighted by Crippen LogP contribution is -2.57. The molecule has 0 aromatic carbocycles. The van der Waals surface area contributed by atoms with Gasteiger partial charge in [0.05, 0.1) is 6.61 Å². The van der Waals surface area contributed by atoms with Gasteiger partial charge in [0.25, 0.3) is 0 Å². The molecule has 0 heterocycles. The minimum Gasteiger partial charge on any atom is -0.394 e. The van der Waals surface area contributed by atoms with Gasteiger partial charge in [0.2, 0.25) is 5.34 Å². The fourth-order valence-corrected chi connectivity index (χ4v) is 1.92. The number of aliphatic hydroxyl groups is 5. The van der Waals surface area contributed by atoms with Gasteiger partial charge in [-0.15, -0.1) is 0 Å². The molecule has 0 bridgehead atoms. The first-order valence-corrected chi connectivity index (χ1v) is 5.62. The van der Waals surface area contributed by atoms with E-state index in [1.807, 2.05) is 0 Å². The highest BCUT2D eigenvalue weighted by Crippen LogP contribution is 2.52. The van der Waals surface area contributed by atoms with Crippen LogP contribution in [0.1, 0.15) is 0 Å². The monoisotopic (exact) mass is 260 g/mol. The standard InChI is InChI=1S/C6H13O9P/c7-1-3(9)5(11)6(12,4(10)2-8)16(13,14)15/h2-5,7,9-12H,1H2,(H2,13,14,15)/t3-,4+,5-,6+/m1/s1. The predicted octanol–water partition coefficient (Wildman–Crippen LogP) is -3.87. The second-order valence-corrected chi connectivity index (χ2v) is 4.91. The molecule has 4 atom stereocenters. The van der Waals surface area contributed by atoms with E-state index in [4.69, 9.17) is 25.1 Å². The van der Waals surface area contributed by atoms with Gasteiger partial charge in [-0.3, -0.25) is 4.57 Å². The van der Waals surface area contributed by atoms with Crippen molar-refractivity contribution < 1.29 is 44.7 Å². The molecule has 7 N–H and O–H groups in total. The Balaban J connectivity index is 5.41. The minimum absolute atomic E-state index is 0.410. The lowest BCUT2D eigenvalue weighted by Gasteiger charge is -2.36. The van der Waals surface area contributed by atoms with E-state index in [-0.39, 0.29) is 0 Å². The van der Waals surface area contributed by atoms with E-state index in [1.54, 1.807) is 0 Å². The van der Waals surface area contributed by atoms with E-state index in [9.17, 15) is 19.6 Å². The van der Waals surface area contributed by atoms with Crippen LogP contribution in [0.5, 0.6) is 0 Å². The molecule has 0 fully saturated rings. The Kier molecular flexibility index (Phi) is 5.17. The van der Waals surface area contributed by atoms with Gasteiger partial charge in [-0.1, -0.05) is 0 Å². The maximum absolute atomic E-state index is 10.9. The molecule has 0 saturated heterocycles. The van der Waals surface area contributed by atoms with Crippen molar-refractivity contribution in [1.29, 1.82) is 0 Å². The molecular formula is C6H13O9P. The molecule has 0 aliphatic heterocycles.